The van der Waals surface area contributed by atoms with Crippen LogP contribution in [0.3, 0.4) is 0 Å². The number of imide groups is 1. The van der Waals surface area contributed by atoms with Crippen molar-refractivity contribution in [1.82, 2.24) is 4.90 Å². The van der Waals surface area contributed by atoms with Crippen LogP contribution in [0.25, 0.3) is 6.08 Å². The highest BCUT2D eigenvalue weighted by molar-refractivity contribution is 9.10. The summed E-state index contributed by atoms with van der Waals surface area (Å²) in [4.78, 5) is 38.9. The van der Waals surface area contributed by atoms with Gasteiger partial charge in [-0.1, -0.05) is 58.4 Å². The number of rotatable bonds is 7. The monoisotopic (exact) mass is 522 g/mol. The second kappa shape index (κ2) is 10.5. The number of hydrogen-bond acceptors (Lipinski definition) is 5. The van der Waals surface area contributed by atoms with Gasteiger partial charge in [-0.25, -0.2) is 0 Å². The third-order valence-electron chi connectivity index (χ3n) is 4.71. The van der Waals surface area contributed by atoms with Crippen molar-refractivity contribution < 1.29 is 19.1 Å². The zero-order valence-corrected chi connectivity index (χ0v) is 19.8. The maximum absolute atomic E-state index is 12.8. The van der Waals surface area contributed by atoms with Gasteiger partial charge in [0.1, 0.15) is 5.75 Å². The van der Waals surface area contributed by atoms with Crippen LogP contribution in [0.4, 0.5) is 10.5 Å². The summed E-state index contributed by atoms with van der Waals surface area (Å²) < 4.78 is 6.52. The molecule has 166 valence electrons. The molecule has 3 aromatic carbocycles. The molecule has 1 aliphatic heterocycles. The number of carbonyl (C=O) groups excluding carboxylic acids is 3. The highest BCUT2D eigenvalue weighted by atomic mass is 79.9. The topological polar surface area (TPSA) is 75.7 Å². The first-order chi connectivity index (χ1) is 16.0. The van der Waals surface area contributed by atoms with E-state index in [4.69, 9.17) is 4.74 Å². The van der Waals surface area contributed by atoms with Gasteiger partial charge in [-0.2, -0.15) is 0 Å². The molecule has 3 amide bonds. The number of amides is 3. The molecule has 1 N–H and O–H groups in total. The van der Waals surface area contributed by atoms with E-state index in [1.165, 1.54) is 4.90 Å². The molecule has 1 heterocycles. The minimum absolute atomic E-state index is 0.151. The number of benzene rings is 3. The fourth-order valence-electron chi connectivity index (χ4n) is 3.12. The van der Waals surface area contributed by atoms with Gasteiger partial charge in [0.2, 0.25) is 0 Å². The number of anilines is 1. The van der Waals surface area contributed by atoms with E-state index in [1.807, 2.05) is 42.5 Å². The van der Waals surface area contributed by atoms with E-state index >= 15 is 0 Å². The van der Waals surface area contributed by atoms with Crippen LogP contribution in [-0.4, -0.2) is 28.6 Å². The first kappa shape index (κ1) is 22.8. The maximum Gasteiger partial charge on any atom is 0.293 e. The van der Waals surface area contributed by atoms with Crippen LogP contribution in [0.2, 0.25) is 0 Å². The second-order valence-electron chi connectivity index (χ2n) is 7.17. The van der Waals surface area contributed by atoms with Gasteiger partial charge < -0.3 is 10.1 Å². The zero-order valence-electron chi connectivity index (χ0n) is 17.4. The molecule has 1 saturated heterocycles. The lowest BCUT2D eigenvalue weighted by Crippen LogP contribution is -2.27. The Bertz CT molecular complexity index is 1210. The highest BCUT2D eigenvalue weighted by Crippen LogP contribution is 2.33. The minimum atomic E-state index is -0.332. The molecular weight excluding hydrogens is 504 g/mol. The fourth-order valence-corrected chi connectivity index (χ4v) is 4.22. The lowest BCUT2D eigenvalue weighted by Gasteiger charge is -2.12. The largest absolute Gasteiger partial charge is 0.484 e. The summed E-state index contributed by atoms with van der Waals surface area (Å²) in [7, 11) is 0. The predicted octanol–water partition coefficient (Wildman–Crippen LogP) is 5.70. The van der Waals surface area contributed by atoms with Gasteiger partial charge in [0.15, 0.2) is 6.61 Å². The summed E-state index contributed by atoms with van der Waals surface area (Å²) in [6.45, 7) is 0.0665. The van der Waals surface area contributed by atoms with Gasteiger partial charge >= 0.3 is 0 Å². The summed E-state index contributed by atoms with van der Waals surface area (Å²) in [6.07, 6.45) is 1.66. The number of para-hydroxylation sites is 1. The predicted molar refractivity (Wildman–Crippen MR) is 133 cm³/mol. The Balaban J connectivity index is 1.39. The molecule has 0 atom stereocenters. The number of nitrogens with one attached hydrogen (secondary N) is 1. The molecule has 0 aromatic heterocycles. The summed E-state index contributed by atoms with van der Waals surface area (Å²) in [5, 5.41) is 2.45. The molecule has 33 heavy (non-hydrogen) atoms. The number of hydrogen-bond donors (Lipinski definition) is 1. The Morgan fingerprint density at radius 3 is 2.52 bits per heavy atom. The molecule has 0 aliphatic carbocycles. The lowest BCUT2D eigenvalue weighted by molar-refractivity contribution is -0.123. The van der Waals surface area contributed by atoms with Crippen molar-refractivity contribution in [2.24, 2.45) is 0 Å². The Hall–Kier alpha value is -3.36. The molecule has 1 fully saturated rings. The third-order valence-corrected chi connectivity index (χ3v) is 6.15. The van der Waals surface area contributed by atoms with Crippen molar-refractivity contribution in [3.63, 3.8) is 0 Å². The molecule has 0 saturated carbocycles. The smallest absolute Gasteiger partial charge is 0.293 e. The summed E-state index contributed by atoms with van der Waals surface area (Å²) in [6, 6.07) is 23.6. The third kappa shape index (κ3) is 6.12. The Kier molecular flexibility index (Phi) is 7.26. The van der Waals surface area contributed by atoms with E-state index in [0.717, 1.165) is 21.8 Å². The van der Waals surface area contributed by atoms with E-state index in [-0.39, 0.29) is 30.2 Å². The van der Waals surface area contributed by atoms with Crippen molar-refractivity contribution in [1.29, 1.82) is 0 Å². The van der Waals surface area contributed by atoms with Crippen LogP contribution in [0.5, 0.6) is 5.75 Å². The first-order valence-electron chi connectivity index (χ1n) is 10.1. The van der Waals surface area contributed by atoms with Gasteiger partial charge in [0, 0.05) is 10.2 Å². The van der Waals surface area contributed by atoms with Gasteiger partial charge in [-0.3, -0.25) is 19.3 Å². The molecule has 0 unspecified atom stereocenters. The summed E-state index contributed by atoms with van der Waals surface area (Å²) in [5.41, 5.74) is 2.26. The number of ether oxygens (including phenoxy) is 1. The molecular formula is C25H19BrN2O4S. The quantitative estimate of drug-likeness (QED) is 0.402. The van der Waals surface area contributed by atoms with Crippen LogP contribution in [0, 0.1) is 0 Å². The Labute approximate surface area is 203 Å². The standard InChI is InChI=1S/C25H19BrN2O4S/c26-19-11-9-17(10-12-19)15-28-24(30)22(33-25(28)31)14-18-5-4-8-21(13-18)32-16-23(29)27-20-6-2-1-3-7-20/h1-14H,15-16H2,(H,27,29)/b22-14-. The molecule has 0 radical (unpaired) electrons. The number of nitrogens with zero attached hydrogens (tertiary/aromatic N) is 1. The number of carbonyl (C=O) groups is 3. The number of halogens is 1. The van der Waals surface area contributed by atoms with Crippen LogP contribution in [0.1, 0.15) is 11.1 Å². The van der Waals surface area contributed by atoms with E-state index in [1.54, 1.807) is 42.5 Å². The molecule has 0 spiro atoms. The minimum Gasteiger partial charge on any atom is -0.484 e. The van der Waals surface area contributed by atoms with Crippen LogP contribution in [-0.2, 0) is 16.1 Å². The Morgan fingerprint density at radius 1 is 1.00 bits per heavy atom. The molecule has 3 aromatic rings. The SMILES string of the molecule is O=C(COc1cccc(/C=C2\SC(=O)N(Cc3ccc(Br)cc3)C2=O)c1)Nc1ccccc1. The first-order valence-corrected chi connectivity index (χ1v) is 11.7. The van der Waals surface area contributed by atoms with Crippen LogP contribution >= 0.6 is 27.7 Å². The molecule has 8 heteroatoms. The zero-order chi connectivity index (χ0) is 23.2. The highest BCUT2D eigenvalue weighted by Gasteiger charge is 2.34. The molecule has 4 rings (SSSR count). The van der Waals surface area contributed by atoms with Gasteiger partial charge in [0.05, 0.1) is 11.4 Å². The van der Waals surface area contributed by atoms with Crippen molar-refractivity contribution in [2.75, 3.05) is 11.9 Å². The Morgan fingerprint density at radius 2 is 1.76 bits per heavy atom. The van der Waals surface area contributed by atoms with Crippen molar-refractivity contribution in [3.05, 3.63) is 99.4 Å². The van der Waals surface area contributed by atoms with E-state index in [2.05, 4.69) is 21.2 Å². The van der Waals surface area contributed by atoms with Crippen LogP contribution < -0.4 is 10.1 Å². The van der Waals surface area contributed by atoms with Gasteiger partial charge in [-0.05, 0) is 65.4 Å². The normalized spacial score (nSPS) is 14.6. The molecule has 0 bridgehead atoms. The van der Waals surface area contributed by atoms with Crippen molar-refractivity contribution in [3.8, 4) is 5.75 Å². The van der Waals surface area contributed by atoms with Crippen LogP contribution in [0.15, 0.2) is 88.2 Å². The second-order valence-corrected chi connectivity index (χ2v) is 9.08. The average Bonchev–Trinajstić information content (AvgIpc) is 3.07. The fraction of sp³-hybridized carbons (Fsp3) is 0.0800. The lowest BCUT2D eigenvalue weighted by atomic mass is 10.2. The van der Waals surface area contributed by atoms with Gasteiger partial charge in [-0.15, -0.1) is 0 Å². The summed E-state index contributed by atoms with van der Waals surface area (Å²) >= 11 is 4.28. The van der Waals surface area contributed by atoms with Crippen molar-refractivity contribution in [2.45, 2.75) is 6.54 Å². The van der Waals surface area contributed by atoms with Gasteiger partial charge in [0.25, 0.3) is 17.1 Å². The molecule has 1 aliphatic rings. The molecule has 6 nitrogen and oxygen atoms in total. The summed E-state index contributed by atoms with van der Waals surface area (Å²) in [5.74, 6) is -0.122. The average molecular weight is 523 g/mol. The maximum atomic E-state index is 12.8. The van der Waals surface area contributed by atoms with E-state index in [9.17, 15) is 14.4 Å². The van der Waals surface area contributed by atoms with E-state index in [0.29, 0.717) is 21.9 Å². The van der Waals surface area contributed by atoms with Crippen molar-refractivity contribution >= 4 is 56.5 Å². The number of thioether (sulfide) groups is 1. The van der Waals surface area contributed by atoms with E-state index < -0.39 is 0 Å².